The van der Waals surface area contributed by atoms with Gasteiger partial charge < -0.3 is 25.8 Å². The van der Waals surface area contributed by atoms with Gasteiger partial charge in [-0.15, -0.1) is 0 Å². The number of phenolic OH excluding ortho intramolecular Hbond substituents is 1. The Morgan fingerprint density at radius 1 is 1.39 bits per heavy atom. The zero-order valence-corrected chi connectivity index (χ0v) is 22.3. The molecule has 0 spiro atoms. The number of hydrogen-bond donors (Lipinski definition) is 6. The number of H-pyrrole nitrogens is 1. The molecule has 0 amide bonds. The van der Waals surface area contributed by atoms with Gasteiger partial charge in [0.25, 0.3) is 0 Å². The van der Waals surface area contributed by atoms with Crippen molar-refractivity contribution in [1.82, 2.24) is 19.5 Å². The first-order valence-corrected chi connectivity index (χ1v) is 12.0. The molecule has 0 radical (unpaired) electrons. The quantitative estimate of drug-likeness (QED) is 0.0476. The van der Waals surface area contributed by atoms with Gasteiger partial charge in [0.05, 0.1) is 12.9 Å². The molecule has 1 aliphatic rings. The van der Waals surface area contributed by atoms with Gasteiger partial charge in [-0.3, -0.25) is 9.55 Å². The summed E-state index contributed by atoms with van der Waals surface area (Å²) < 4.78 is 8.01. The molecular formula is C16H18HgN6O7S+. The number of thiol groups is 1. The topological polar surface area (TPSA) is 206 Å². The van der Waals surface area contributed by atoms with Crippen molar-refractivity contribution >= 4 is 38.1 Å². The summed E-state index contributed by atoms with van der Waals surface area (Å²) in [4.78, 5) is 20.7. The summed E-state index contributed by atoms with van der Waals surface area (Å²) in [6, 6.07) is 4.07. The van der Waals surface area contributed by atoms with Crippen molar-refractivity contribution in [2.24, 2.45) is 0 Å². The van der Waals surface area contributed by atoms with E-state index in [0.29, 0.717) is 18.9 Å². The molecule has 0 unspecified atom stereocenters. The van der Waals surface area contributed by atoms with Crippen LogP contribution in [0.2, 0.25) is 0 Å². The van der Waals surface area contributed by atoms with Crippen LogP contribution in [0.5, 0.6) is 5.75 Å². The van der Waals surface area contributed by atoms with Gasteiger partial charge in [0.1, 0.15) is 18.3 Å². The number of anilines is 1. The third-order valence-corrected chi connectivity index (χ3v) is 7.06. The van der Waals surface area contributed by atoms with Crippen LogP contribution in [-0.2, 0) is 43.1 Å². The van der Waals surface area contributed by atoms with Crippen LogP contribution in [0.4, 0.5) is 11.6 Å². The fourth-order valence-corrected chi connectivity index (χ4v) is 4.48. The van der Waals surface area contributed by atoms with Gasteiger partial charge >= 0.3 is 83.6 Å². The zero-order valence-electron chi connectivity index (χ0n) is 15.9. The van der Waals surface area contributed by atoms with Gasteiger partial charge in [-0.1, -0.05) is 0 Å². The van der Waals surface area contributed by atoms with Crippen LogP contribution in [0.15, 0.2) is 24.5 Å². The molecule has 7 N–H and O–H groups in total. The number of nitrogen functional groups attached to an aromatic ring is 1. The molecule has 1 aliphatic heterocycles. The first kappa shape index (κ1) is 23.4. The molecule has 4 rings (SSSR count). The molecule has 3 aromatic rings. The number of benzene rings is 1. The Labute approximate surface area is 195 Å². The number of non-ortho nitro benzene ring substituents is 1. The van der Waals surface area contributed by atoms with Gasteiger partial charge in [-0.05, 0) is 0 Å². The molecule has 161 valence electrons. The SMILES string of the molecule is Nc1nc2c(ncn2[C@@H]2O[C@H](CO)[C@@H](O)[C@@H]2O)c(=[SH+])[nH]1.O=[N+]([O-])c1ccc(O)[c]([Hg])c1. The Balaban J connectivity index is 0.000000210. The van der Waals surface area contributed by atoms with Crippen molar-refractivity contribution in [3.8, 4) is 5.75 Å². The Bertz CT molecular complexity index is 1170. The number of rotatable bonds is 3. The second kappa shape index (κ2) is 9.50. The van der Waals surface area contributed by atoms with E-state index >= 15 is 0 Å². The Kier molecular flexibility index (Phi) is 7.18. The number of aliphatic hydroxyl groups is 3. The van der Waals surface area contributed by atoms with Crippen LogP contribution in [0, 0.1) is 14.8 Å². The van der Waals surface area contributed by atoms with Crippen molar-refractivity contribution in [1.29, 1.82) is 0 Å². The van der Waals surface area contributed by atoms with Crippen LogP contribution in [0.25, 0.3) is 11.2 Å². The van der Waals surface area contributed by atoms with Crippen LogP contribution in [0.3, 0.4) is 0 Å². The van der Waals surface area contributed by atoms with E-state index in [0.717, 1.165) is 0 Å². The van der Waals surface area contributed by atoms with E-state index in [1.165, 1.54) is 29.1 Å². The number of phenols is 1. The molecule has 0 bridgehead atoms. The third kappa shape index (κ3) is 4.83. The number of fused-ring (bicyclic) bond motifs is 1. The number of aromatic nitrogens is 4. The fourth-order valence-electron chi connectivity index (χ4n) is 2.94. The first-order chi connectivity index (χ1) is 14.6. The van der Waals surface area contributed by atoms with E-state index in [9.17, 15) is 20.3 Å². The summed E-state index contributed by atoms with van der Waals surface area (Å²) in [7, 11) is 0. The number of nitrogens with two attached hydrogens (primary N) is 1. The summed E-state index contributed by atoms with van der Waals surface area (Å²) in [5.41, 5.74) is 6.49. The zero-order chi connectivity index (χ0) is 22.9. The number of imidazole rings is 1. The number of nitrogens with one attached hydrogen (secondary N) is 1. The van der Waals surface area contributed by atoms with Crippen LogP contribution in [-0.4, -0.2) is 69.8 Å². The van der Waals surface area contributed by atoms with Crippen molar-refractivity contribution in [3.05, 3.63) is 39.3 Å². The number of hydrogen-bond acceptors (Lipinski definition) is 10. The third-order valence-electron chi connectivity index (χ3n) is 4.53. The Hall–Kier alpha value is -2.23. The molecular weight excluding hydrogens is 621 g/mol. The maximum absolute atomic E-state index is 10.2. The van der Waals surface area contributed by atoms with Gasteiger partial charge in [-0.2, -0.15) is 4.98 Å². The number of aromatic amines is 1. The molecule has 31 heavy (non-hydrogen) atoms. The summed E-state index contributed by atoms with van der Waals surface area (Å²) in [6.07, 6.45) is -2.76. The molecule has 1 fully saturated rings. The predicted molar refractivity (Wildman–Crippen MR) is 106 cm³/mol. The molecule has 2 aromatic heterocycles. The standard InChI is InChI=1S/C10H13N5O4S.C6H4NO3.Hg/c11-10-13-7-4(8(20)14-10)12-2-15(7)9-6(18)5(17)3(1-16)19-9;8-6-3-1-5(2-4-6)7(9)10;/h2-3,5-6,9,16-18H,1H2,(H3,11,13,14,20);1-3,8H;/p+1/t3-,5-,6+,9-;;/m1../s1. The predicted octanol–water partition coefficient (Wildman–Crippen LogP) is -1.76. The van der Waals surface area contributed by atoms with Gasteiger partial charge in [0.2, 0.25) is 5.95 Å². The number of nitro benzene ring substituents is 1. The van der Waals surface area contributed by atoms with Crippen molar-refractivity contribution < 1.29 is 56.2 Å². The Morgan fingerprint density at radius 3 is 2.68 bits per heavy atom. The second-order valence-corrected chi connectivity index (χ2v) is 10.0. The number of aromatic hydroxyl groups is 1. The van der Waals surface area contributed by atoms with Gasteiger partial charge in [0, 0.05) is 0 Å². The monoisotopic (exact) mass is 640 g/mol. The van der Waals surface area contributed by atoms with Gasteiger partial charge in [-0.25, -0.2) is 4.98 Å². The first-order valence-electron chi connectivity index (χ1n) is 8.80. The van der Waals surface area contributed by atoms with E-state index in [-0.39, 0.29) is 43.5 Å². The Morgan fingerprint density at radius 2 is 2.10 bits per heavy atom. The number of nitrogens with zero attached hydrogens (tertiary/aromatic N) is 4. The van der Waals surface area contributed by atoms with Crippen LogP contribution in [0.1, 0.15) is 6.23 Å². The van der Waals surface area contributed by atoms with Crippen LogP contribution < -0.4 is 8.81 Å². The van der Waals surface area contributed by atoms with Crippen molar-refractivity contribution in [3.63, 3.8) is 0 Å². The average Bonchev–Trinajstić information content (AvgIpc) is 3.25. The second-order valence-electron chi connectivity index (χ2n) is 6.59. The van der Waals surface area contributed by atoms with Gasteiger partial charge in [0.15, 0.2) is 29.6 Å². The minimum absolute atomic E-state index is 0.0489. The normalized spacial score (nSPS) is 22.9. The van der Waals surface area contributed by atoms with Crippen molar-refractivity contribution in [2.45, 2.75) is 24.5 Å². The minimum atomic E-state index is -1.21. The van der Waals surface area contributed by atoms with E-state index in [1.54, 1.807) is 0 Å². The van der Waals surface area contributed by atoms with Crippen LogP contribution >= 0.6 is 0 Å². The summed E-state index contributed by atoms with van der Waals surface area (Å²) >= 11 is 4.43. The molecule has 1 saturated heterocycles. The molecule has 15 heteroatoms. The van der Waals surface area contributed by atoms with E-state index in [1.807, 2.05) is 0 Å². The molecule has 0 aliphatic carbocycles. The molecule has 13 nitrogen and oxygen atoms in total. The van der Waals surface area contributed by atoms with E-state index in [4.69, 9.17) is 20.7 Å². The summed E-state index contributed by atoms with van der Waals surface area (Å²) in [5, 5.41) is 48.1. The molecule has 4 atom stereocenters. The number of nitro groups is 1. The average molecular weight is 639 g/mol. The maximum atomic E-state index is 10.2. The van der Waals surface area contributed by atoms with E-state index < -0.39 is 36.1 Å². The number of aliphatic hydroxyl groups excluding tert-OH is 3. The van der Waals surface area contributed by atoms with Crippen molar-refractivity contribution in [2.75, 3.05) is 12.3 Å². The number of ether oxygens (including phenoxy) is 1. The summed E-state index contributed by atoms with van der Waals surface area (Å²) in [6.45, 7) is -0.400. The molecule has 1 aromatic carbocycles. The molecule has 0 saturated carbocycles. The van der Waals surface area contributed by atoms with E-state index in [2.05, 4.69) is 27.2 Å². The fraction of sp³-hybridized carbons (Fsp3) is 0.312. The molecule has 3 heterocycles. The summed E-state index contributed by atoms with van der Waals surface area (Å²) in [5.74, 6) is 0.301.